The van der Waals surface area contributed by atoms with Crippen molar-refractivity contribution in [3.63, 3.8) is 0 Å². The summed E-state index contributed by atoms with van der Waals surface area (Å²) >= 11 is 0. The lowest BCUT2D eigenvalue weighted by molar-refractivity contribution is -0.139. The third kappa shape index (κ3) is 3.80. The van der Waals surface area contributed by atoms with Crippen LogP contribution in [0.3, 0.4) is 0 Å². The molecule has 2 fully saturated rings. The molecular formula is C18H34N2O. The van der Waals surface area contributed by atoms with Crippen LogP contribution in [0, 0.1) is 17.3 Å². The zero-order valence-electron chi connectivity index (χ0n) is 14.2. The van der Waals surface area contributed by atoms with Crippen molar-refractivity contribution < 1.29 is 4.79 Å². The maximum absolute atomic E-state index is 12.8. The van der Waals surface area contributed by atoms with Crippen molar-refractivity contribution in [2.24, 2.45) is 23.0 Å². The van der Waals surface area contributed by atoms with Gasteiger partial charge in [-0.3, -0.25) is 4.79 Å². The molecule has 21 heavy (non-hydrogen) atoms. The molecule has 2 rings (SSSR count). The van der Waals surface area contributed by atoms with E-state index in [4.69, 9.17) is 5.73 Å². The third-order valence-corrected chi connectivity index (χ3v) is 6.49. The highest BCUT2D eigenvalue weighted by molar-refractivity contribution is 5.79. The Balaban J connectivity index is 1.89. The summed E-state index contributed by atoms with van der Waals surface area (Å²) in [7, 11) is 0. The summed E-state index contributed by atoms with van der Waals surface area (Å²) in [6, 6.07) is 0.313. The average Bonchev–Trinajstić information content (AvgIpc) is 2.53. The van der Waals surface area contributed by atoms with Gasteiger partial charge in [0.1, 0.15) is 0 Å². The van der Waals surface area contributed by atoms with Crippen LogP contribution >= 0.6 is 0 Å². The molecule has 1 saturated heterocycles. The largest absolute Gasteiger partial charge is 0.342 e. The van der Waals surface area contributed by atoms with Gasteiger partial charge in [-0.15, -0.1) is 0 Å². The summed E-state index contributed by atoms with van der Waals surface area (Å²) in [6.07, 6.45) is 9.41. The van der Waals surface area contributed by atoms with E-state index in [1.165, 1.54) is 38.5 Å². The van der Waals surface area contributed by atoms with Gasteiger partial charge in [-0.05, 0) is 43.4 Å². The summed E-state index contributed by atoms with van der Waals surface area (Å²) in [5.74, 6) is 1.05. The molecule has 3 nitrogen and oxygen atoms in total. The number of nitrogens with two attached hydrogens (primary N) is 1. The highest BCUT2D eigenvalue weighted by Crippen LogP contribution is 2.39. The van der Waals surface area contributed by atoms with Crippen molar-refractivity contribution in [3.05, 3.63) is 0 Å². The molecule has 122 valence electrons. The lowest BCUT2D eigenvalue weighted by atomic mass is 9.73. The fourth-order valence-electron chi connectivity index (χ4n) is 4.37. The molecule has 1 aliphatic heterocycles. The molecule has 0 aromatic rings. The van der Waals surface area contributed by atoms with Gasteiger partial charge in [0.15, 0.2) is 0 Å². The lowest BCUT2D eigenvalue weighted by Crippen LogP contribution is -2.46. The summed E-state index contributed by atoms with van der Waals surface area (Å²) in [5, 5.41) is 0. The Bertz CT molecular complexity index is 341. The molecule has 3 heteroatoms. The molecule has 0 radical (unpaired) electrons. The number of rotatable bonds is 4. The van der Waals surface area contributed by atoms with E-state index in [0.717, 1.165) is 25.9 Å². The summed E-state index contributed by atoms with van der Waals surface area (Å²) in [6.45, 7) is 8.65. The van der Waals surface area contributed by atoms with Crippen LogP contribution in [-0.2, 0) is 4.79 Å². The van der Waals surface area contributed by atoms with Crippen LogP contribution in [0.15, 0.2) is 0 Å². The van der Waals surface area contributed by atoms with E-state index in [1.807, 2.05) is 0 Å². The Morgan fingerprint density at radius 2 is 1.86 bits per heavy atom. The van der Waals surface area contributed by atoms with Crippen molar-refractivity contribution in [1.29, 1.82) is 0 Å². The number of likely N-dealkylation sites (tertiary alicyclic amines) is 1. The molecule has 2 aliphatic rings. The van der Waals surface area contributed by atoms with Crippen LogP contribution in [0.4, 0.5) is 0 Å². The van der Waals surface area contributed by atoms with Gasteiger partial charge in [0, 0.05) is 25.0 Å². The monoisotopic (exact) mass is 294 g/mol. The van der Waals surface area contributed by atoms with Gasteiger partial charge in [-0.25, -0.2) is 0 Å². The molecule has 0 spiro atoms. The van der Waals surface area contributed by atoms with Crippen molar-refractivity contribution in [1.82, 2.24) is 4.90 Å². The molecule has 3 unspecified atom stereocenters. The number of hydrogen-bond donors (Lipinski definition) is 1. The van der Waals surface area contributed by atoms with Crippen molar-refractivity contribution in [2.45, 2.75) is 78.2 Å². The van der Waals surface area contributed by atoms with Crippen LogP contribution in [0.2, 0.25) is 0 Å². The van der Waals surface area contributed by atoms with Gasteiger partial charge in [-0.2, -0.15) is 0 Å². The van der Waals surface area contributed by atoms with E-state index >= 15 is 0 Å². The first kappa shape index (κ1) is 16.8. The molecule has 0 aromatic heterocycles. The second kappa shape index (κ2) is 7.13. The van der Waals surface area contributed by atoms with Crippen LogP contribution in [0.1, 0.15) is 72.1 Å². The van der Waals surface area contributed by atoms with E-state index in [2.05, 4.69) is 25.7 Å². The minimum Gasteiger partial charge on any atom is -0.342 e. The summed E-state index contributed by atoms with van der Waals surface area (Å²) in [5.41, 5.74) is 6.58. The zero-order chi connectivity index (χ0) is 15.5. The number of carbonyl (C=O) groups is 1. The minimum atomic E-state index is 0.159. The van der Waals surface area contributed by atoms with Crippen LogP contribution in [0.25, 0.3) is 0 Å². The van der Waals surface area contributed by atoms with E-state index in [1.54, 1.807) is 0 Å². The predicted octanol–water partition coefficient (Wildman–Crippen LogP) is 3.57. The van der Waals surface area contributed by atoms with Gasteiger partial charge in [0.2, 0.25) is 5.91 Å². The van der Waals surface area contributed by atoms with E-state index in [0.29, 0.717) is 23.3 Å². The molecule has 1 aliphatic carbocycles. The second-order valence-corrected chi connectivity index (χ2v) is 7.51. The van der Waals surface area contributed by atoms with Gasteiger partial charge >= 0.3 is 0 Å². The fourth-order valence-corrected chi connectivity index (χ4v) is 4.37. The zero-order valence-corrected chi connectivity index (χ0v) is 14.2. The van der Waals surface area contributed by atoms with Gasteiger partial charge < -0.3 is 10.6 Å². The first-order chi connectivity index (χ1) is 10.0. The number of hydrogen-bond acceptors (Lipinski definition) is 2. The highest BCUT2D eigenvalue weighted by atomic mass is 16.2. The third-order valence-electron chi connectivity index (χ3n) is 6.49. The van der Waals surface area contributed by atoms with Gasteiger partial charge in [-0.1, -0.05) is 40.0 Å². The van der Waals surface area contributed by atoms with E-state index in [-0.39, 0.29) is 5.92 Å². The quantitative estimate of drug-likeness (QED) is 0.861. The van der Waals surface area contributed by atoms with Crippen molar-refractivity contribution >= 4 is 5.91 Å². The maximum atomic E-state index is 12.8. The van der Waals surface area contributed by atoms with Crippen LogP contribution in [0.5, 0.6) is 0 Å². The molecule has 0 bridgehead atoms. The minimum absolute atomic E-state index is 0.159. The number of piperidine rings is 1. The first-order valence-corrected chi connectivity index (χ1v) is 9.05. The normalized spacial score (nSPS) is 31.0. The van der Waals surface area contributed by atoms with Crippen LogP contribution < -0.4 is 5.73 Å². The highest BCUT2D eigenvalue weighted by Gasteiger charge is 2.36. The number of carbonyl (C=O) groups excluding carboxylic acids is 1. The summed E-state index contributed by atoms with van der Waals surface area (Å²) in [4.78, 5) is 14.9. The molecule has 1 saturated carbocycles. The lowest BCUT2D eigenvalue weighted by Gasteiger charge is -2.42. The number of amides is 1. The fraction of sp³-hybridized carbons (Fsp3) is 0.944. The molecule has 0 aromatic carbocycles. The van der Waals surface area contributed by atoms with Gasteiger partial charge in [0.25, 0.3) is 0 Å². The van der Waals surface area contributed by atoms with E-state index < -0.39 is 0 Å². The Kier molecular flexibility index (Phi) is 5.70. The SMILES string of the molecule is CCC1(CC)CCN(C(=O)C(C)C2CCCC(N)C2)CC1. The molecule has 1 amide bonds. The molecular weight excluding hydrogens is 260 g/mol. The topological polar surface area (TPSA) is 46.3 Å². The Morgan fingerprint density at radius 1 is 1.24 bits per heavy atom. The predicted molar refractivity (Wildman–Crippen MR) is 87.9 cm³/mol. The maximum Gasteiger partial charge on any atom is 0.225 e. The molecule has 1 heterocycles. The van der Waals surface area contributed by atoms with Crippen molar-refractivity contribution in [3.8, 4) is 0 Å². The Morgan fingerprint density at radius 3 is 2.38 bits per heavy atom. The molecule has 3 atom stereocenters. The van der Waals surface area contributed by atoms with E-state index in [9.17, 15) is 4.79 Å². The van der Waals surface area contributed by atoms with Gasteiger partial charge in [0.05, 0.1) is 0 Å². The Hall–Kier alpha value is -0.570. The average molecular weight is 294 g/mol. The summed E-state index contributed by atoms with van der Waals surface area (Å²) < 4.78 is 0. The smallest absolute Gasteiger partial charge is 0.225 e. The van der Waals surface area contributed by atoms with Crippen molar-refractivity contribution in [2.75, 3.05) is 13.1 Å². The first-order valence-electron chi connectivity index (χ1n) is 9.05. The molecule has 2 N–H and O–H groups in total. The standard InChI is InChI=1S/C18H34N2O/c1-4-18(5-2)9-11-20(12-10-18)17(21)14(3)15-7-6-8-16(19)13-15/h14-16H,4-13,19H2,1-3H3. The van der Waals surface area contributed by atoms with Crippen LogP contribution in [-0.4, -0.2) is 29.9 Å². The number of nitrogens with zero attached hydrogens (tertiary/aromatic N) is 1. The Labute approximate surface area is 130 Å². The second-order valence-electron chi connectivity index (χ2n) is 7.51.